The highest BCUT2D eigenvalue weighted by Gasteiger charge is 1.98. The first-order valence-electron chi connectivity index (χ1n) is 4.61. The Morgan fingerprint density at radius 2 is 2.36 bits per heavy atom. The third kappa shape index (κ3) is 2.42. The number of aliphatic imine (C=N–C) groups is 1. The molecule has 0 aliphatic carbocycles. The van der Waals surface area contributed by atoms with E-state index in [9.17, 15) is 0 Å². The summed E-state index contributed by atoms with van der Waals surface area (Å²) in [5.41, 5.74) is 8.39. The van der Waals surface area contributed by atoms with E-state index in [0.29, 0.717) is 0 Å². The predicted octanol–water partition coefficient (Wildman–Crippen LogP) is 1.64. The lowest BCUT2D eigenvalue weighted by molar-refractivity contribution is 1.10. The van der Waals surface area contributed by atoms with Crippen LogP contribution < -0.4 is 5.73 Å². The highest BCUT2D eigenvalue weighted by Crippen LogP contribution is 2.09. The molecule has 0 atom stereocenters. The van der Waals surface area contributed by atoms with Crippen LogP contribution in [0.25, 0.3) is 5.57 Å². The van der Waals surface area contributed by atoms with Crippen molar-refractivity contribution in [1.82, 2.24) is 4.98 Å². The van der Waals surface area contributed by atoms with Gasteiger partial charge in [-0.25, -0.2) is 0 Å². The molecule has 1 heterocycles. The minimum absolute atomic E-state index is 0.843. The number of nitrogens with zero attached hydrogens (tertiary/aromatic N) is 2. The summed E-state index contributed by atoms with van der Waals surface area (Å²) in [6.45, 7) is 2.10. The van der Waals surface area contributed by atoms with E-state index in [2.05, 4.69) is 23.0 Å². The van der Waals surface area contributed by atoms with Crippen LogP contribution in [-0.2, 0) is 6.42 Å². The Morgan fingerprint density at radius 3 is 2.79 bits per heavy atom. The third-order valence-electron chi connectivity index (χ3n) is 1.98. The van der Waals surface area contributed by atoms with E-state index in [0.717, 1.165) is 17.7 Å². The molecule has 0 aromatic carbocycles. The lowest BCUT2D eigenvalue weighted by Gasteiger charge is -2.01. The predicted molar refractivity (Wildman–Crippen MR) is 60.2 cm³/mol. The minimum Gasteiger partial charge on any atom is -0.404 e. The average molecular weight is 189 g/mol. The molecule has 1 rings (SSSR count). The van der Waals surface area contributed by atoms with Gasteiger partial charge in [0.05, 0.1) is 5.69 Å². The Balaban J connectivity index is 2.96. The number of nitrogens with two attached hydrogens (primary N) is 1. The second-order valence-corrected chi connectivity index (χ2v) is 2.91. The molecule has 0 saturated carbocycles. The van der Waals surface area contributed by atoms with Crippen molar-refractivity contribution in [2.45, 2.75) is 13.3 Å². The van der Waals surface area contributed by atoms with Gasteiger partial charge in [-0.2, -0.15) is 0 Å². The van der Waals surface area contributed by atoms with Gasteiger partial charge in [-0.05, 0) is 18.1 Å². The number of aromatic nitrogens is 1. The van der Waals surface area contributed by atoms with Crippen LogP contribution in [0.2, 0.25) is 0 Å². The molecule has 2 N–H and O–H groups in total. The van der Waals surface area contributed by atoms with Crippen LogP contribution >= 0.6 is 0 Å². The van der Waals surface area contributed by atoms with E-state index < -0.39 is 0 Å². The van der Waals surface area contributed by atoms with Crippen LogP contribution in [0, 0.1) is 0 Å². The van der Waals surface area contributed by atoms with Crippen molar-refractivity contribution in [2.75, 3.05) is 7.05 Å². The Labute approximate surface area is 84.4 Å². The van der Waals surface area contributed by atoms with Crippen molar-refractivity contribution in [3.63, 3.8) is 0 Å². The molecular weight excluding hydrogens is 174 g/mol. The maximum atomic E-state index is 5.47. The summed E-state index contributed by atoms with van der Waals surface area (Å²) in [7, 11) is 1.71. The summed E-state index contributed by atoms with van der Waals surface area (Å²) < 4.78 is 0. The Bertz CT molecular complexity index is 336. The van der Waals surface area contributed by atoms with Gasteiger partial charge in [0.25, 0.3) is 0 Å². The molecule has 0 spiro atoms. The minimum atomic E-state index is 0.843. The van der Waals surface area contributed by atoms with Crippen LogP contribution in [0.3, 0.4) is 0 Å². The molecule has 0 amide bonds. The highest BCUT2D eigenvalue weighted by atomic mass is 14.7. The number of hydrogen-bond acceptors (Lipinski definition) is 3. The van der Waals surface area contributed by atoms with E-state index >= 15 is 0 Å². The van der Waals surface area contributed by atoms with Gasteiger partial charge in [0.15, 0.2) is 0 Å². The molecule has 0 aliphatic rings. The number of rotatable bonds is 3. The molecule has 0 aliphatic heterocycles. The molecule has 3 nitrogen and oxygen atoms in total. The molecule has 0 radical (unpaired) electrons. The molecule has 0 saturated heterocycles. The van der Waals surface area contributed by atoms with Crippen LogP contribution in [0.4, 0.5) is 0 Å². The lowest BCUT2D eigenvalue weighted by Crippen LogP contribution is -1.95. The summed E-state index contributed by atoms with van der Waals surface area (Å²) >= 11 is 0. The monoisotopic (exact) mass is 189 g/mol. The van der Waals surface area contributed by atoms with Crippen molar-refractivity contribution in [1.29, 1.82) is 0 Å². The first-order chi connectivity index (χ1) is 6.81. The molecule has 14 heavy (non-hydrogen) atoms. The maximum Gasteiger partial charge on any atom is 0.0731 e. The third-order valence-corrected chi connectivity index (χ3v) is 1.98. The zero-order chi connectivity index (χ0) is 10.4. The Morgan fingerprint density at radius 1 is 1.57 bits per heavy atom. The Hall–Kier alpha value is -1.64. The van der Waals surface area contributed by atoms with Gasteiger partial charge >= 0.3 is 0 Å². The first-order valence-corrected chi connectivity index (χ1v) is 4.61. The van der Waals surface area contributed by atoms with Gasteiger partial charge in [0, 0.05) is 31.2 Å². The van der Waals surface area contributed by atoms with Crippen LogP contribution in [0.1, 0.15) is 18.2 Å². The zero-order valence-electron chi connectivity index (χ0n) is 8.57. The molecule has 0 unspecified atom stereocenters. The maximum absolute atomic E-state index is 5.47. The van der Waals surface area contributed by atoms with Crippen molar-refractivity contribution in [3.8, 4) is 0 Å². The van der Waals surface area contributed by atoms with E-state index in [1.54, 1.807) is 13.3 Å². The fourth-order valence-corrected chi connectivity index (χ4v) is 1.14. The van der Waals surface area contributed by atoms with Crippen molar-refractivity contribution < 1.29 is 0 Å². The average Bonchev–Trinajstić information content (AvgIpc) is 2.26. The van der Waals surface area contributed by atoms with Crippen LogP contribution in [0.15, 0.2) is 29.5 Å². The standard InChI is InChI=1S/C11H15N3/c1-3-9-4-5-11(14-7-9)10(6-12)8-13-2/h4-8H,3,12H2,1-2H3. The number of allylic oxidation sites excluding steroid dienone is 1. The molecule has 1 aromatic heterocycles. The van der Waals surface area contributed by atoms with Crippen LogP contribution in [0.5, 0.6) is 0 Å². The number of pyridine rings is 1. The van der Waals surface area contributed by atoms with Gasteiger partial charge in [0.2, 0.25) is 0 Å². The molecule has 0 fully saturated rings. The second kappa shape index (κ2) is 5.17. The molecule has 1 aromatic rings. The number of aryl methyl sites for hydroxylation is 1. The smallest absolute Gasteiger partial charge is 0.0731 e. The van der Waals surface area contributed by atoms with Gasteiger partial charge < -0.3 is 5.73 Å². The SMILES string of the molecule is CCc1ccc(C(C=NC)=CN)nc1. The van der Waals surface area contributed by atoms with Gasteiger partial charge in [-0.3, -0.25) is 9.98 Å². The van der Waals surface area contributed by atoms with Crippen LogP contribution in [-0.4, -0.2) is 18.2 Å². The Kier molecular flexibility index (Phi) is 3.85. The van der Waals surface area contributed by atoms with E-state index in [1.165, 1.54) is 11.8 Å². The summed E-state index contributed by atoms with van der Waals surface area (Å²) in [4.78, 5) is 8.21. The van der Waals surface area contributed by atoms with E-state index in [1.807, 2.05) is 12.3 Å². The van der Waals surface area contributed by atoms with E-state index in [4.69, 9.17) is 5.73 Å². The van der Waals surface area contributed by atoms with Gasteiger partial charge in [-0.15, -0.1) is 0 Å². The van der Waals surface area contributed by atoms with Gasteiger partial charge in [-0.1, -0.05) is 13.0 Å². The van der Waals surface area contributed by atoms with Gasteiger partial charge in [0.1, 0.15) is 0 Å². The normalized spacial score (nSPS) is 12.3. The lowest BCUT2D eigenvalue weighted by atomic mass is 10.1. The molecule has 3 heteroatoms. The van der Waals surface area contributed by atoms with E-state index in [-0.39, 0.29) is 0 Å². The van der Waals surface area contributed by atoms with Crippen molar-refractivity contribution >= 4 is 11.8 Å². The highest BCUT2D eigenvalue weighted by molar-refractivity contribution is 6.08. The first kappa shape index (κ1) is 10.4. The second-order valence-electron chi connectivity index (χ2n) is 2.91. The topological polar surface area (TPSA) is 51.3 Å². The van der Waals surface area contributed by atoms with Crippen molar-refractivity contribution in [2.24, 2.45) is 10.7 Å². The molecule has 0 bridgehead atoms. The fraction of sp³-hybridized carbons (Fsp3) is 0.273. The fourth-order valence-electron chi connectivity index (χ4n) is 1.14. The largest absolute Gasteiger partial charge is 0.404 e. The summed E-state index contributed by atoms with van der Waals surface area (Å²) in [6.07, 6.45) is 6.08. The summed E-state index contributed by atoms with van der Waals surface area (Å²) in [5, 5.41) is 0. The van der Waals surface area contributed by atoms with Crippen molar-refractivity contribution in [3.05, 3.63) is 35.8 Å². The summed E-state index contributed by atoms with van der Waals surface area (Å²) in [6, 6.07) is 4.01. The zero-order valence-corrected chi connectivity index (χ0v) is 8.57. The number of hydrogen-bond donors (Lipinski definition) is 1. The molecule has 74 valence electrons. The molecular formula is C11H15N3. The summed E-state index contributed by atoms with van der Waals surface area (Å²) in [5.74, 6) is 0. The quantitative estimate of drug-likeness (QED) is 0.735.